The molecule has 3 rings (SSSR count). The van der Waals surface area contributed by atoms with Crippen LogP contribution in [0.15, 0.2) is 41.0 Å². The van der Waals surface area contributed by atoms with E-state index in [2.05, 4.69) is 13.8 Å². The molecule has 30 heavy (non-hydrogen) atoms. The van der Waals surface area contributed by atoms with Crippen LogP contribution in [-0.2, 0) is 24.1 Å². The van der Waals surface area contributed by atoms with Crippen LogP contribution >= 0.6 is 9.24 Å². The summed E-state index contributed by atoms with van der Waals surface area (Å²) in [6, 6.07) is 5.64. The monoisotopic (exact) mass is 439 g/mol. The first-order valence-electron chi connectivity index (χ1n) is 9.73. The predicted octanol–water partition coefficient (Wildman–Crippen LogP) is 4.04. The molecule has 0 aliphatic carbocycles. The highest BCUT2D eigenvalue weighted by Gasteiger charge is 2.33. The van der Waals surface area contributed by atoms with Gasteiger partial charge < -0.3 is 14.0 Å². The molecule has 1 unspecified atom stereocenters. The Hall–Kier alpha value is -2.34. The molecule has 2 atom stereocenters. The van der Waals surface area contributed by atoms with Gasteiger partial charge in [0.1, 0.15) is 0 Å². The molecule has 2 aromatic rings. The first-order chi connectivity index (χ1) is 14.1. The number of hydrogen-bond donors (Lipinski definition) is 0. The number of rotatable bonds is 5. The Kier molecular flexibility index (Phi) is 6.56. The van der Waals surface area contributed by atoms with E-state index in [1.807, 2.05) is 37.9 Å². The highest BCUT2D eigenvalue weighted by atomic mass is 31.0. The Labute approximate surface area is 175 Å². The van der Waals surface area contributed by atoms with Gasteiger partial charge in [-0.3, -0.25) is 9.59 Å². The molecule has 0 N–H and O–H groups in total. The average Bonchev–Trinajstić information content (AvgIpc) is 3.02. The highest BCUT2D eigenvalue weighted by Crippen LogP contribution is 2.30. The van der Waals surface area contributed by atoms with E-state index in [0.29, 0.717) is 19.0 Å². The van der Waals surface area contributed by atoms with Gasteiger partial charge in [0.15, 0.2) is 0 Å². The van der Waals surface area contributed by atoms with Crippen LogP contribution in [0.2, 0.25) is 0 Å². The smallest absolute Gasteiger partial charge is 0.342 e. The van der Waals surface area contributed by atoms with Crippen molar-refractivity contribution in [2.24, 2.45) is 0 Å². The molecule has 1 aliphatic heterocycles. The van der Waals surface area contributed by atoms with Gasteiger partial charge in [0, 0.05) is 42.7 Å². The number of nitrogens with zero attached hydrogens (tertiary/aromatic N) is 3. The summed E-state index contributed by atoms with van der Waals surface area (Å²) in [6.45, 7) is 4.53. The van der Waals surface area contributed by atoms with Crippen LogP contribution < -0.4 is 5.56 Å². The van der Waals surface area contributed by atoms with E-state index in [9.17, 15) is 22.8 Å². The SMILES string of the molecule is Cc1ccc(C)n1[C@H](/C=C\P)CCC(=O)N1CCn2c(cc(C(F)(F)F)cc2=O)C1. The molecule has 0 bridgehead atoms. The fraction of sp³-hybridized carbons (Fsp3) is 0.429. The van der Waals surface area contributed by atoms with Gasteiger partial charge >= 0.3 is 6.18 Å². The number of aromatic nitrogens is 2. The van der Waals surface area contributed by atoms with Gasteiger partial charge in [0.05, 0.1) is 18.2 Å². The fourth-order valence-corrected chi connectivity index (χ4v) is 4.24. The maximum atomic E-state index is 13.0. The Morgan fingerprint density at radius 1 is 1.20 bits per heavy atom. The first kappa shape index (κ1) is 22.3. The van der Waals surface area contributed by atoms with Gasteiger partial charge in [-0.15, -0.1) is 9.24 Å². The third kappa shape index (κ3) is 4.69. The molecular weight excluding hydrogens is 414 g/mol. The summed E-state index contributed by atoms with van der Waals surface area (Å²) in [7, 11) is 2.54. The summed E-state index contributed by atoms with van der Waals surface area (Å²) in [4.78, 5) is 26.4. The zero-order chi connectivity index (χ0) is 22.1. The van der Waals surface area contributed by atoms with E-state index >= 15 is 0 Å². The van der Waals surface area contributed by atoms with Gasteiger partial charge in [-0.1, -0.05) is 11.9 Å². The number of carbonyl (C=O) groups excluding carboxylic acids is 1. The number of alkyl halides is 3. The molecule has 0 saturated heterocycles. The number of allylic oxidation sites excluding steroid dienone is 1. The summed E-state index contributed by atoms with van der Waals surface area (Å²) >= 11 is 0. The zero-order valence-corrected chi connectivity index (χ0v) is 18.1. The second-order valence-electron chi connectivity index (χ2n) is 7.52. The van der Waals surface area contributed by atoms with Crippen molar-refractivity contribution in [1.29, 1.82) is 0 Å². The minimum absolute atomic E-state index is 0.00367. The standard InChI is InChI=1S/C21H25F3N3O2P/c1-14-3-4-15(2)27(14)17(7-10-30)5-6-19(28)25-8-9-26-18(13-25)11-16(12-20(26)29)21(22,23)24/h3-4,7,10-12,17H,5-6,8-9,13,30H2,1-2H3/b10-7-/t17-/m0/s1. The van der Waals surface area contributed by atoms with Crippen LogP contribution in [0, 0.1) is 13.8 Å². The lowest BCUT2D eigenvalue weighted by atomic mass is 10.1. The van der Waals surface area contributed by atoms with Gasteiger partial charge in [-0.2, -0.15) is 13.2 Å². The van der Waals surface area contributed by atoms with Crippen LogP contribution in [0.25, 0.3) is 0 Å². The zero-order valence-electron chi connectivity index (χ0n) is 16.9. The third-order valence-corrected chi connectivity index (χ3v) is 5.71. The molecule has 2 aromatic heterocycles. The van der Waals surface area contributed by atoms with Crippen molar-refractivity contribution in [3.8, 4) is 0 Å². The summed E-state index contributed by atoms with van der Waals surface area (Å²) < 4.78 is 42.6. The molecule has 3 heterocycles. The molecule has 162 valence electrons. The fourth-order valence-electron chi connectivity index (χ4n) is 3.98. The van der Waals surface area contributed by atoms with E-state index in [1.54, 1.807) is 0 Å². The van der Waals surface area contributed by atoms with Crippen LogP contribution in [0.1, 0.15) is 41.5 Å². The number of aryl methyl sites for hydroxylation is 2. The number of fused-ring (bicyclic) bond motifs is 1. The molecular formula is C21H25F3N3O2P. The second-order valence-corrected chi connectivity index (χ2v) is 7.90. The lowest BCUT2D eigenvalue weighted by molar-refractivity contribution is -0.137. The molecule has 1 aliphatic rings. The quantitative estimate of drug-likeness (QED) is 0.661. The number of hydrogen-bond acceptors (Lipinski definition) is 2. The summed E-state index contributed by atoms with van der Waals surface area (Å²) in [5.41, 5.74) is 0.749. The van der Waals surface area contributed by atoms with Crippen LogP contribution in [-0.4, -0.2) is 26.5 Å². The van der Waals surface area contributed by atoms with Crippen molar-refractivity contribution < 1.29 is 18.0 Å². The van der Waals surface area contributed by atoms with Crippen LogP contribution in [0.3, 0.4) is 0 Å². The number of amides is 1. The molecule has 0 fully saturated rings. The number of halogens is 3. The van der Waals surface area contributed by atoms with Crippen molar-refractivity contribution in [2.45, 2.75) is 52.0 Å². The van der Waals surface area contributed by atoms with E-state index in [-0.39, 0.29) is 37.2 Å². The molecule has 0 spiro atoms. The molecule has 0 saturated carbocycles. The van der Waals surface area contributed by atoms with Gasteiger partial charge in [-0.25, -0.2) is 0 Å². The Morgan fingerprint density at radius 2 is 1.87 bits per heavy atom. The van der Waals surface area contributed by atoms with Gasteiger partial charge in [0.2, 0.25) is 5.91 Å². The van der Waals surface area contributed by atoms with Crippen molar-refractivity contribution in [1.82, 2.24) is 14.0 Å². The molecule has 0 radical (unpaired) electrons. The third-order valence-electron chi connectivity index (χ3n) is 5.48. The van der Waals surface area contributed by atoms with Gasteiger partial charge in [-0.05, 0) is 38.5 Å². The molecule has 5 nitrogen and oxygen atoms in total. The predicted molar refractivity (Wildman–Crippen MR) is 112 cm³/mol. The lowest BCUT2D eigenvalue weighted by Crippen LogP contribution is -2.42. The van der Waals surface area contributed by atoms with Crippen LogP contribution in [0.5, 0.6) is 0 Å². The summed E-state index contributed by atoms with van der Waals surface area (Å²) in [5, 5.41) is 0. The summed E-state index contributed by atoms with van der Waals surface area (Å²) in [5.74, 6) is 1.74. The van der Waals surface area contributed by atoms with E-state index in [1.165, 1.54) is 9.47 Å². The largest absolute Gasteiger partial charge is 0.416 e. The minimum Gasteiger partial charge on any atom is -0.342 e. The van der Waals surface area contributed by atoms with Crippen molar-refractivity contribution >= 4 is 15.1 Å². The first-order valence-corrected chi connectivity index (χ1v) is 10.4. The topological polar surface area (TPSA) is 47.2 Å². The molecule has 9 heteroatoms. The van der Waals surface area contributed by atoms with Crippen molar-refractivity contribution in [3.63, 3.8) is 0 Å². The Balaban J connectivity index is 1.73. The van der Waals surface area contributed by atoms with Gasteiger partial charge in [0.25, 0.3) is 5.56 Å². The Morgan fingerprint density at radius 3 is 2.47 bits per heavy atom. The average molecular weight is 439 g/mol. The highest BCUT2D eigenvalue weighted by molar-refractivity contribution is 7.20. The van der Waals surface area contributed by atoms with Crippen molar-refractivity contribution in [3.05, 3.63) is 69.2 Å². The second kappa shape index (κ2) is 8.80. The van der Waals surface area contributed by atoms with Crippen LogP contribution in [0.4, 0.5) is 13.2 Å². The normalized spacial score (nSPS) is 15.5. The van der Waals surface area contributed by atoms with E-state index < -0.39 is 17.3 Å². The van der Waals surface area contributed by atoms with E-state index in [4.69, 9.17) is 0 Å². The number of pyridine rings is 1. The lowest BCUT2D eigenvalue weighted by Gasteiger charge is -2.31. The number of carbonyl (C=O) groups is 1. The maximum Gasteiger partial charge on any atom is 0.416 e. The maximum absolute atomic E-state index is 13.0. The minimum atomic E-state index is -4.59. The molecule has 1 amide bonds. The molecule has 0 aromatic carbocycles. The van der Waals surface area contributed by atoms with E-state index in [0.717, 1.165) is 17.5 Å². The van der Waals surface area contributed by atoms with Crippen molar-refractivity contribution in [2.75, 3.05) is 6.54 Å². The summed E-state index contributed by atoms with van der Waals surface area (Å²) in [6.07, 6.45) is -1.74. The Bertz CT molecular complexity index is 1000.